The van der Waals surface area contributed by atoms with E-state index in [9.17, 15) is 4.39 Å². The highest BCUT2D eigenvalue weighted by Crippen LogP contribution is 2.28. The van der Waals surface area contributed by atoms with Crippen molar-refractivity contribution in [2.45, 2.75) is 38.8 Å². The predicted molar refractivity (Wildman–Crippen MR) is 74.9 cm³/mol. The van der Waals surface area contributed by atoms with Gasteiger partial charge in [0.1, 0.15) is 18.2 Å². The second-order valence-corrected chi connectivity index (χ2v) is 5.49. The Morgan fingerprint density at radius 2 is 2.16 bits per heavy atom. The molecule has 106 valence electrons. The van der Waals surface area contributed by atoms with Crippen LogP contribution in [0.5, 0.6) is 5.75 Å². The van der Waals surface area contributed by atoms with E-state index in [1.165, 1.54) is 18.9 Å². The molecule has 2 N–H and O–H groups in total. The van der Waals surface area contributed by atoms with Crippen LogP contribution in [0.3, 0.4) is 0 Å². The summed E-state index contributed by atoms with van der Waals surface area (Å²) in [4.78, 5) is 2.31. The largest absolute Gasteiger partial charge is 0.492 e. The summed E-state index contributed by atoms with van der Waals surface area (Å²) in [6.45, 7) is 5.08. The van der Waals surface area contributed by atoms with E-state index in [0.29, 0.717) is 17.9 Å². The topological polar surface area (TPSA) is 38.5 Å². The Labute approximate surface area is 114 Å². The molecule has 19 heavy (non-hydrogen) atoms. The maximum atomic E-state index is 13.6. The average molecular weight is 266 g/mol. The molecule has 3 nitrogen and oxygen atoms in total. The lowest BCUT2D eigenvalue weighted by atomic mass is 10.1. The van der Waals surface area contributed by atoms with Crippen LogP contribution in [0.4, 0.5) is 4.39 Å². The molecule has 1 aromatic carbocycles. The molecule has 0 spiro atoms. The third-order valence-corrected chi connectivity index (χ3v) is 3.65. The molecule has 4 heteroatoms. The van der Waals surface area contributed by atoms with Crippen molar-refractivity contribution in [3.63, 3.8) is 0 Å². The summed E-state index contributed by atoms with van der Waals surface area (Å²) in [5, 5.41) is 0. The number of hydrogen-bond acceptors (Lipinski definition) is 3. The van der Waals surface area contributed by atoms with Crippen molar-refractivity contribution >= 4 is 0 Å². The minimum atomic E-state index is -0.230. The molecule has 0 aliphatic heterocycles. The first-order valence-electron chi connectivity index (χ1n) is 6.87. The van der Waals surface area contributed by atoms with Crippen LogP contribution in [0, 0.1) is 12.7 Å². The Kier molecular flexibility index (Phi) is 4.42. The fourth-order valence-electron chi connectivity index (χ4n) is 2.15. The molecule has 1 atom stereocenters. The molecule has 0 radical (unpaired) electrons. The van der Waals surface area contributed by atoms with Crippen molar-refractivity contribution in [3.8, 4) is 5.75 Å². The van der Waals surface area contributed by atoms with Gasteiger partial charge in [-0.15, -0.1) is 0 Å². The SMILES string of the molecule is Cc1cc(OCCN(C)C2CC2)c([C@@H](C)N)cc1F. The summed E-state index contributed by atoms with van der Waals surface area (Å²) in [6, 6.07) is 3.73. The molecular weight excluding hydrogens is 243 g/mol. The number of halogens is 1. The third kappa shape index (κ3) is 3.67. The summed E-state index contributed by atoms with van der Waals surface area (Å²) in [7, 11) is 2.11. The van der Waals surface area contributed by atoms with E-state index in [1.807, 2.05) is 6.92 Å². The molecule has 1 aromatic rings. The molecule has 0 amide bonds. The highest BCUT2D eigenvalue weighted by Gasteiger charge is 2.25. The van der Waals surface area contributed by atoms with E-state index in [2.05, 4.69) is 11.9 Å². The van der Waals surface area contributed by atoms with Crippen molar-refractivity contribution < 1.29 is 9.13 Å². The fourth-order valence-corrected chi connectivity index (χ4v) is 2.15. The quantitative estimate of drug-likeness (QED) is 0.860. The Morgan fingerprint density at radius 3 is 2.74 bits per heavy atom. The summed E-state index contributed by atoms with van der Waals surface area (Å²) in [5.41, 5.74) is 7.19. The van der Waals surface area contributed by atoms with E-state index in [-0.39, 0.29) is 11.9 Å². The van der Waals surface area contributed by atoms with Crippen LogP contribution in [-0.2, 0) is 0 Å². The Bertz CT molecular complexity index is 444. The molecule has 1 aliphatic carbocycles. The number of likely N-dealkylation sites (N-methyl/N-ethyl adjacent to an activating group) is 1. The fraction of sp³-hybridized carbons (Fsp3) is 0.600. The summed E-state index contributed by atoms with van der Waals surface area (Å²) >= 11 is 0. The van der Waals surface area contributed by atoms with Gasteiger partial charge in [0.2, 0.25) is 0 Å². The lowest BCUT2D eigenvalue weighted by molar-refractivity contribution is 0.230. The second-order valence-electron chi connectivity index (χ2n) is 5.49. The van der Waals surface area contributed by atoms with Gasteiger partial charge >= 0.3 is 0 Å². The van der Waals surface area contributed by atoms with Crippen LogP contribution in [-0.4, -0.2) is 31.1 Å². The lowest BCUT2D eigenvalue weighted by Crippen LogP contribution is -2.26. The van der Waals surface area contributed by atoms with Crippen LogP contribution in [0.15, 0.2) is 12.1 Å². The first-order chi connectivity index (χ1) is 8.99. The number of benzene rings is 1. The molecule has 0 heterocycles. The Hall–Kier alpha value is -1.13. The first-order valence-corrected chi connectivity index (χ1v) is 6.87. The van der Waals surface area contributed by atoms with Crippen LogP contribution in [0.1, 0.15) is 36.9 Å². The Balaban J connectivity index is 1.99. The summed E-state index contributed by atoms with van der Waals surface area (Å²) in [5.74, 6) is 0.479. The molecular formula is C15H23FN2O. The molecule has 2 rings (SSSR count). The second kappa shape index (κ2) is 5.88. The molecule has 1 aliphatic rings. The van der Waals surface area contributed by atoms with Gasteiger partial charge < -0.3 is 15.4 Å². The van der Waals surface area contributed by atoms with Crippen LogP contribution < -0.4 is 10.5 Å². The Morgan fingerprint density at radius 1 is 1.47 bits per heavy atom. The molecule has 0 aromatic heterocycles. The minimum Gasteiger partial charge on any atom is -0.492 e. The van der Waals surface area contributed by atoms with Gasteiger partial charge in [0.15, 0.2) is 0 Å². The van der Waals surface area contributed by atoms with E-state index in [0.717, 1.165) is 18.2 Å². The van der Waals surface area contributed by atoms with Crippen LogP contribution >= 0.6 is 0 Å². The normalized spacial score (nSPS) is 16.7. The van der Waals surface area contributed by atoms with Gasteiger partial charge in [-0.05, 0) is 51.4 Å². The van der Waals surface area contributed by atoms with Gasteiger partial charge in [-0.1, -0.05) is 0 Å². The van der Waals surface area contributed by atoms with Gasteiger partial charge in [-0.2, -0.15) is 0 Å². The summed E-state index contributed by atoms with van der Waals surface area (Å²) < 4.78 is 19.4. The highest BCUT2D eigenvalue weighted by molar-refractivity contribution is 5.39. The average Bonchev–Trinajstić information content (AvgIpc) is 3.16. The van der Waals surface area contributed by atoms with Crippen molar-refractivity contribution in [2.75, 3.05) is 20.2 Å². The lowest BCUT2D eigenvalue weighted by Gasteiger charge is -2.19. The van der Waals surface area contributed by atoms with E-state index < -0.39 is 0 Å². The zero-order chi connectivity index (χ0) is 14.0. The van der Waals surface area contributed by atoms with Gasteiger partial charge in [-0.25, -0.2) is 4.39 Å². The molecule has 1 fully saturated rings. The minimum absolute atomic E-state index is 0.227. The van der Waals surface area contributed by atoms with E-state index in [4.69, 9.17) is 10.5 Å². The van der Waals surface area contributed by atoms with Crippen LogP contribution in [0.25, 0.3) is 0 Å². The van der Waals surface area contributed by atoms with E-state index in [1.54, 1.807) is 13.0 Å². The maximum absolute atomic E-state index is 13.6. The van der Waals surface area contributed by atoms with Gasteiger partial charge in [0.05, 0.1) is 0 Å². The standard InChI is InChI=1S/C15H23FN2O/c1-10-8-15(13(11(2)17)9-14(10)16)19-7-6-18(3)12-4-5-12/h8-9,11-12H,4-7,17H2,1-3H3/t11-/m1/s1. The molecule has 0 saturated heterocycles. The monoisotopic (exact) mass is 266 g/mol. The molecule has 0 bridgehead atoms. The molecule has 0 unspecified atom stereocenters. The zero-order valence-corrected chi connectivity index (χ0v) is 11.9. The van der Waals surface area contributed by atoms with Crippen molar-refractivity contribution in [2.24, 2.45) is 5.73 Å². The smallest absolute Gasteiger partial charge is 0.126 e. The first kappa shape index (κ1) is 14.3. The highest BCUT2D eigenvalue weighted by atomic mass is 19.1. The third-order valence-electron chi connectivity index (χ3n) is 3.65. The van der Waals surface area contributed by atoms with Crippen molar-refractivity contribution in [1.29, 1.82) is 0 Å². The van der Waals surface area contributed by atoms with Crippen molar-refractivity contribution in [3.05, 3.63) is 29.1 Å². The van der Waals surface area contributed by atoms with E-state index >= 15 is 0 Å². The predicted octanol–water partition coefficient (Wildman–Crippen LogP) is 2.63. The number of nitrogens with zero attached hydrogens (tertiary/aromatic N) is 1. The van der Waals surface area contributed by atoms with Gasteiger partial charge in [-0.3, -0.25) is 0 Å². The maximum Gasteiger partial charge on any atom is 0.126 e. The number of hydrogen-bond donors (Lipinski definition) is 1. The zero-order valence-electron chi connectivity index (χ0n) is 11.9. The number of nitrogens with two attached hydrogens (primary N) is 1. The van der Waals surface area contributed by atoms with Crippen molar-refractivity contribution in [1.82, 2.24) is 4.90 Å². The number of aryl methyl sites for hydroxylation is 1. The van der Waals surface area contributed by atoms with Crippen LogP contribution in [0.2, 0.25) is 0 Å². The summed E-state index contributed by atoms with van der Waals surface area (Å²) in [6.07, 6.45) is 2.58. The number of rotatable bonds is 6. The van der Waals surface area contributed by atoms with Gasteiger partial charge in [0, 0.05) is 24.2 Å². The van der Waals surface area contributed by atoms with Gasteiger partial charge in [0.25, 0.3) is 0 Å². The number of ether oxygens (including phenoxy) is 1. The molecule has 1 saturated carbocycles.